The molecule has 1 aliphatic rings. The molecule has 5 heteroatoms. The van der Waals surface area contributed by atoms with E-state index in [4.69, 9.17) is 5.73 Å². The zero-order chi connectivity index (χ0) is 12.4. The van der Waals surface area contributed by atoms with Crippen LogP contribution in [0.4, 0.5) is 5.82 Å². The van der Waals surface area contributed by atoms with Crippen molar-refractivity contribution in [1.29, 1.82) is 0 Å². The average Bonchev–Trinajstić information content (AvgIpc) is 2.33. The smallest absolute Gasteiger partial charge is 0.242 e. The van der Waals surface area contributed by atoms with Gasteiger partial charge in [0.2, 0.25) is 5.91 Å². The predicted molar refractivity (Wildman–Crippen MR) is 66.7 cm³/mol. The number of pyridine rings is 1. The van der Waals surface area contributed by atoms with E-state index in [0.717, 1.165) is 17.9 Å². The number of aromatic nitrogens is 1. The number of nitrogens with one attached hydrogen (secondary N) is 1. The Morgan fingerprint density at radius 3 is 3.12 bits per heavy atom. The van der Waals surface area contributed by atoms with Gasteiger partial charge in [0, 0.05) is 30.9 Å². The molecule has 1 saturated heterocycles. The number of piperazine rings is 1. The Kier molecular flexibility index (Phi) is 3.28. The molecule has 0 radical (unpaired) electrons. The van der Waals surface area contributed by atoms with Crippen LogP contribution < -0.4 is 16.0 Å². The number of nitrogens with zero attached hydrogens (tertiary/aromatic N) is 2. The minimum absolute atomic E-state index is 0.0394. The fraction of sp³-hybridized carbons (Fsp3) is 0.500. The molecule has 17 heavy (non-hydrogen) atoms. The molecular formula is C12H18N4O. The number of hydrogen-bond acceptors (Lipinski definition) is 4. The summed E-state index contributed by atoms with van der Waals surface area (Å²) in [4.78, 5) is 18.0. The Hall–Kier alpha value is -1.62. The van der Waals surface area contributed by atoms with Crippen LogP contribution in [0.15, 0.2) is 18.3 Å². The SMILES string of the molecule is CC(N)c1cccnc1N1CCNC(=O)C1C. The lowest BCUT2D eigenvalue weighted by Gasteiger charge is -2.35. The van der Waals surface area contributed by atoms with Crippen LogP contribution in [0.3, 0.4) is 0 Å². The first kappa shape index (κ1) is 11.9. The summed E-state index contributed by atoms with van der Waals surface area (Å²) in [5.41, 5.74) is 6.91. The van der Waals surface area contributed by atoms with Gasteiger partial charge < -0.3 is 16.0 Å². The Bertz CT molecular complexity index is 419. The maximum atomic E-state index is 11.6. The number of carbonyl (C=O) groups is 1. The molecule has 3 N–H and O–H groups in total. The summed E-state index contributed by atoms with van der Waals surface area (Å²) < 4.78 is 0. The van der Waals surface area contributed by atoms with Gasteiger partial charge in [-0.25, -0.2) is 4.98 Å². The highest BCUT2D eigenvalue weighted by atomic mass is 16.2. The molecule has 1 aromatic heterocycles. The van der Waals surface area contributed by atoms with Crippen LogP contribution in [-0.2, 0) is 4.79 Å². The van der Waals surface area contributed by atoms with Crippen molar-refractivity contribution in [2.45, 2.75) is 25.9 Å². The maximum absolute atomic E-state index is 11.6. The van der Waals surface area contributed by atoms with Crippen molar-refractivity contribution in [2.75, 3.05) is 18.0 Å². The van der Waals surface area contributed by atoms with Gasteiger partial charge in [-0.2, -0.15) is 0 Å². The minimum atomic E-state index is -0.198. The van der Waals surface area contributed by atoms with Gasteiger partial charge >= 0.3 is 0 Å². The first-order valence-electron chi connectivity index (χ1n) is 5.86. The first-order chi connectivity index (χ1) is 8.11. The Labute approximate surface area is 101 Å². The normalized spacial score (nSPS) is 22.2. The monoisotopic (exact) mass is 234 g/mol. The fourth-order valence-corrected chi connectivity index (χ4v) is 2.08. The van der Waals surface area contributed by atoms with Crippen LogP contribution in [0, 0.1) is 0 Å². The number of anilines is 1. The van der Waals surface area contributed by atoms with Gasteiger partial charge in [0.15, 0.2) is 0 Å². The summed E-state index contributed by atoms with van der Waals surface area (Å²) in [6.07, 6.45) is 1.74. The zero-order valence-corrected chi connectivity index (χ0v) is 10.2. The second-order valence-corrected chi connectivity index (χ2v) is 4.37. The third kappa shape index (κ3) is 2.24. The van der Waals surface area contributed by atoms with Crippen molar-refractivity contribution in [1.82, 2.24) is 10.3 Å². The molecule has 2 rings (SSSR count). The molecule has 1 aliphatic heterocycles. The van der Waals surface area contributed by atoms with E-state index in [1.807, 2.05) is 30.9 Å². The quantitative estimate of drug-likeness (QED) is 0.778. The van der Waals surface area contributed by atoms with Crippen LogP contribution in [-0.4, -0.2) is 30.0 Å². The molecule has 2 atom stereocenters. The van der Waals surface area contributed by atoms with E-state index in [1.165, 1.54) is 0 Å². The molecule has 1 aromatic rings. The van der Waals surface area contributed by atoms with Gasteiger partial charge in [-0.05, 0) is 19.9 Å². The van der Waals surface area contributed by atoms with Gasteiger partial charge in [-0.3, -0.25) is 4.79 Å². The lowest BCUT2D eigenvalue weighted by molar-refractivity contribution is -0.122. The Morgan fingerprint density at radius 2 is 2.41 bits per heavy atom. The van der Waals surface area contributed by atoms with Crippen molar-refractivity contribution >= 4 is 11.7 Å². The Balaban J connectivity index is 2.36. The van der Waals surface area contributed by atoms with E-state index in [-0.39, 0.29) is 18.0 Å². The van der Waals surface area contributed by atoms with Gasteiger partial charge in [0.05, 0.1) is 0 Å². The molecule has 0 aromatic carbocycles. The molecule has 0 aliphatic carbocycles. The van der Waals surface area contributed by atoms with Crippen molar-refractivity contribution < 1.29 is 4.79 Å². The molecule has 1 fully saturated rings. The van der Waals surface area contributed by atoms with E-state index >= 15 is 0 Å². The highest BCUT2D eigenvalue weighted by Crippen LogP contribution is 2.24. The molecule has 92 valence electrons. The van der Waals surface area contributed by atoms with Crippen molar-refractivity contribution in [3.05, 3.63) is 23.9 Å². The lowest BCUT2D eigenvalue weighted by Crippen LogP contribution is -2.54. The van der Waals surface area contributed by atoms with E-state index in [0.29, 0.717) is 6.54 Å². The number of rotatable bonds is 2. The van der Waals surface area contributed by atoms with E-state index in [9.17, 15) is 4.79 Å². The molecule has 0 spiro atoms. The average molecular weight is 234 g/mol. The van der Waals surface area contributed by atoms with Gasteiger partial charge in [-0.15, -0.1) is 0 Å². The van der Waals surface area contributed by atoms with Gasteiger partial charge in [0.25, 0.3) is 0 Å². The molecule has 2 unspecified atom stereocenters. The van der Waals surface area contributed by atoms with E-state index in [2.05, 4.69) is 10.3 Å². The topological polar surface area (TPSA) is 71.2 Å². The molecule has 1 amide bonds. The lowest BCUT2D eigenvalue weighted by atomic mass is 10.1. The summed E-state index contributed by atoms with van der Waals surface area (Å²) in [7, 11) is 0. The van der Waals surface area contributed by atoms with E-state index < -0.39 is 0 Å². The number of hydrogen-bond donors (Lipinski definition) is 2. The van der Waals surface area contributed by atoms with Gasteiger partial charge in [0.1, 0.15) is 11.9 Å². The molecule has 0 bridgehead atoms. The number of amides is 1. The summed E-state index contributed by atoms with van der Waals surface area (Å²) in [6, 6.07) is 3.55. The molecule has 5 nitrogen and oxygen atoms in total. The van der Waals surface area contributed by atoms with Crippen LogP contribution in [0.1, 0.15) is 25.5 Å². The highest BCUT2D eigenvalue weighted by molar-refractivity contribution is 5.86. The van der Waals surface area contributed by atoms with Crippen LogP contribution in [0.5, 0.6) is 0 Å². The molecular weight excluding hydrogens is 216 g/mol. The van der Waals surface area contributed by atoms with Crippen LogP contribution >= 0.6 is 0 Å². The second kappa shape index (κ2) is 4.71. The number of carbonyl (C=O) groups excluding carboxylic acids is 1. The Morgan fingerprint density at radius 1 is 1.65 bits per heavy atom. The number of nitrogens with two attached hydrogens (primary N) is 1. The first-order valence-corrected chi connectivity index (χ1v) is 5.86. The largest absolute Gasteiger partial charge is 0.353 e. The third-order valence-electron chi connectivity index (χ3n) is 3.08. The zero-order valence-electron chi connectivity index (χ0n) is 10.2. The third-order valence-corrected chi connectivity index (χ3v) is 3.08. The summed E-state index contributed by atoms with van der Waals surface area (Å²) in [5, 5.41) is 2.84. The van der Waals surface area contributed by atoms with Crippen LogP contribution in [0.25, 0.3) is 0 Å². The van der Waals surface area contributed by atoms with E-state index in [1.54, 1.807) is 6.20 Å². The van der Waals surface area contributed by atoms with Crippen LogP contribution in [0.2, 0.25) is 0 Å². The van der Waals surface area contributed by atoms with Crippen molar-refractivity contribution in [2.24, 2.45) is 5.73 Å². The summed E-state index contributed by atoms with van der Waals surface area (Å²) in [5.74, 6) is 0.863. The van der Waals surface area contributed by atoms with Crippen molar-refractivity contribution in [3.63, 3.8) is 0 Å². The van der Waals surface area contributed by atoms with Gasteiger partial charge in [-0.1, -0.05) is 6.07 Å². The summed E-state index contributed by atoms with van der Waals surface area (Å²) >= 11 is 0. The standard InChI is InChI=1S/C12H18N4O/c1-8(13)10-4-3-5-14-11(10)16-7-6-15-12(17)9(16)2/h3-5,8-9H,6-7,13H2,1-2H3,(H,15,17). The second-order valence-electron chi connectivity index (χ2n) is 4.37. The highest BCUT2D eigenvalue weighted by Gasteiger charge is 2.28. The maximum Gasteiger partial charge on any atom is 0.242 e. The predicted octanol–water partition coefficient (Wildman–Crippen LogP) is 0.426. The molecule has 0 saturated carbocycles. The fourth-order valence-electron chi connectivity index (χ4n) is 2.08. The van der Waals surface area contributed by atoms with Crippen molar-refractivity contribution in [3.8, 4) is 0 Å². The minimum Gasteiger partial charge on any atom is -0.353 e. The molecule has 2 heterocycles. The summed E-state index contributed by atoms with van der Waals surface area (Å²) in [6.45, 7) is 5.23.